The van der Waals surface area contributed by atoms with E-state index in [4.69, 9.17) is 37.0 Å². The van der Waals surface area contributed by atoms with Crippen LogP contribution in [0, 0.1) is 5.92 Å². The summed E-state index contributed by atoms with van der Waals surface area (Å²) in [6, 6.07) is 0. The first-order valence-electron chi connectivity index (χ1n) is 35.6. The molecule has 19 heteroatoms. The van der Waals surface area contributed by atoms with E-state index in [0.717, 1.165) is 96.3 Å². The summed E-state index contributed by atoms with van der Waals surface area (Å²) < 4.78 is 67.9. The Kier molecular flexibility index (Phi) is 60.2. The second-order valence-corrected chi connectivity index (χ2v) is 27.9. The van der Waals surface area contributed by atoms with E-state index in [9.17, 15) is 43.2 Å². The quantitative estimate of drug-likeness (QED) is 0.0222. The van der Waals surface area contributed by atoms with Crippen LogP contribution in [0.4, 0.5) is 0 Å². The highest BCUT2D eigenvalue weighted by Gasteiger charge is 2.30. The molecule has 5 atom stereocenters. The van der Waals surface area contributed by atoms with Crippen LogP contribution >= 0.6 is 15.6 Å². The number of aliphatic hydroxyl groups excluding tert-OH is 1. The van der Waals surface area contributed by atoms with Crippen molar-refractivity contribution in [2.24, 2.45) is 5.92 Å². The molecule has 0 aliphatic rings. The molecule has 0 heterocycles. The Morgan fingerprint density at radius 2 is 0.529 bits per heavy atom. The van der Waals surface area contributed by atoms with Gasteiger partial charge in [0.2, 0.25) is 0 Å². The molecule has 0 saturated carbocycles. The fourth-order valence-electron chi connectivity index (χ4n) is 10.3. The zero-order valence-corrected chi connectivity index (χ0v) is 57.9. The number of carbonyl (C=O) groups excluding carboxylic acids is 4. The highest BCUT2D eigenvalue weighted by atomic mass is 31.2. The van der Waals surface area contributed by atoms with E-state index in [1.807, 2.05) is 0 Å². The van der Waals surface area contributed by atoms with Crippen molar-refractivity contribution in [1.82, 2.24) is 0 Å². The first kappa shape index (κ1) is 85.1. The molecule has 0 saturated heterocycles. The van der Waals surface area contributed by atoms with Crippen LogP contribution in [0.5, 0.6) is 0 Å². The monoisotopic (exact) mass is 1280 g/mol. The van der Waals surface area contributed by atoms with E-state index >= 15 is 0 Å². The lowest BCUT2D eigenvalue weighted by atomic mass is 10.0. The number of ether oxygens (including phenoxy) is 4. The molecular formula is C68H132O17P2. The molecule has 0 aromatic heterocycles. The summed E-state index contributed by atoms with van der Waals surface area (Å²) in [7, 11) is -9.88. The van der Waals surface area contributed by atoms with Crippen molar-refractivity contribution >= 4 is 39.5 Å². The van der Waals surface area contributed by atoms with Gasteiger partial charge in [-0.05, 0) is 31.6 Å². The minimum Gasteiger partial charge on any atom is -0.462 e. The van der Waals surface area contributed by atoms with E-state index < -0.39 is 97.5 Å². The molecule has 0 bridgehead atoms. The molecule has 87 heavy (non-hydrogen) atoms. The van der Waals surface area contributed by atoms with Gasteiger partial charge >= 0.3 is 39.5 Å². The number of phosphoric acid groups is 2. The molecule has 0 aromatic rings. The number of unbranched alkanes of at least 4 members (excludes halogenated alkanes) is 40. The molecule has 0 spiro atoms. The molecule has 0 rings (SSSR count). The Labute approximate surface area is 530 Å². The van der Waals surface area contributed by atoms with Crippen molar-refractivity contribution in [2.75, 3.05) is 39.6 Å². The van der Waals surface area contributed by atoms with Crippen LogP contribution in [-0.4, -0.2) is 96.7 Å². The van der Waals surface area contributed by atoms with Crippen LogP contribution in [0.25, 0.3) is 0 Å². The van der Waals surface area contributed by atoms with Gasteiger partial charge in [-0.25, -0.2) is 9.13 Å². The molecular weight excluding hydrogens is 1150 g/mol. The third-order valence-electron chi connectivity index (χ3n) is 15.8. The van der Waals surface area contributed by atoms with Gasteiger partial charge in [0, 0.05) is 25.7 Å². The second kappa shape index (κ2) is 61.6. The molecule has 3 N–H and O–H groups in total. The normalized spacial score (nSPS) is 14.1. The highest BCUT2D eigenvalue weighted by Crippen LogP contribution is 2.45. The van der Waals surface area contributed by atoms with Crippen molar-refractivity contribution in [2.45, 2.75) is 368 Å². The highest BCUT2D eigenvalue weighted by molar-refractivity contribution is 7.47. The molecule has 0 fully saturated rings. The zero-order valence-electron chi connectivity index (χ0n) is 56.2. The van der Waals surface area contributed by atoms with Crippen molar-refractivity contribution in [3.8, 4) is 0 Å². The summed E-state index contributed by atoms with van der Waals surface area (Å²) in [6.07, 6.45) is 47.9. The lowest BCUT2D eigenvalue weighted by Gasteiger charge is -2.21. The van der Waals surface area contributed by atoms with Crippen molar-refractivity contribution in [1.29, 1.82) is 0 Å². The maximum Gasteiger partial charge on any atom is 0.472 e. The Balaban J connectivity index is 5.13. The van der Waals surface area contributed by atoms with E-state index in [2.05, 4.69) is 34.6 Å². The van der Waals surface area contributed by atoms with Crippen LogP contribution in [0.1, 0.15) is 349 Å². The average molecular weight is 1280 g/mol. The number of aliphatic hydroxyl groups is 1. The topological polar surface area (TPSA) is 237 Å². The van der Waals surface area contributed by atoms with Crippen LogP contribution in [0.15, 0.2) is 0 Å². The van der Waals surface area contributed by atoms with E-state index in [0.29, 0.717) is 31.6 Å². The number of esters is 4. The maximum atomic E-state index is 13.0. The van der Waals surface area contributed by atoms with Gasteiger partial charge in [-0.2, -0.15) is 0 Å². The van der Waals surface area contributed by atoms with Crippen LogP contribution in [0.2, 0.25) is 0 Å². The number of hydrogen-bond donors (Lipinski definition) is 3. The van der Waals surface area contributed by atoms with E-state index in [1.165, 1.54) is 167 Å². The minimum atomic E-state index is -4.95. The first-order chi connectivity index (χ1) is 42.0. The smallest absolute Gasteiger partial charge is 0.462 e. The molecule has 0 aromatic carbocycles. The second-order valence-electron chi connectivity index (χ2n) is 25.0. The Morgan fingerprint density at radius 1 is 0.310 bits per heavy atom. The summed E-state index contributed by atoms with van der Waals surface area (Å²) >= 11 is 0. The summed E-state index contributed by atoms with van der Waals surface area (Å²) in [6.45, 7) is 7.05. The van der Waals surface area contributed by atoms with E-state index in [-0.39, 0.29) is 25.7 Å². The summed E-state index contributed by atoms with van der Waals surface area (Å²) in [4.78, 5) is 72.1. The molecule has 0 aliphatic heterocycles. The van der Waals surface area contributed by atoms with Crippen LogP contribution in [-0.2, 0) is 65.4 Å². The molecule has 17 nitrogen and oxygen atoms in total. The number of rotatable bonds is 68. The Hall–Kier alpha value is -1.94. The van der Waals surface area contributed by atoms with Gasteiger partial charge in [0.1, 0.15) is 19.3 Å². The number of hydrogen-bond acceptors (Lipinski definition) is 15. The van der Waals surface area contributed by atoms with E-state index in [1.54, 1.807) is 0 Å². The van der Waals surface area contributed by atoms with Crippen molar-refractivity contribution < 1.29 is 80.2 Å². The summed E-state index contributed by atoms with van der Waals surface area (Å²) in [5.74, 6) is -1.47. The zero-order chi connectivity index (χ0) is 64.2. The van der Waals surface area contributed by atoms with Crippen molar-refractivity contribution in [3.63, 3.8) is 0 Å². The maximum absolute atomic E-state index is 13.0. The third kappa shape index (κ3) is 62.6. The van der Waals surface area contributed by atoms with Gasteiger partial charge in [-0.1, -0.05) is 298 Å². The summed E-state index contributed by atoms with van der Waals surface area (Å²) in [5.41, 5.74) is 0. The van der Waals surface area contributed by atoms with Gasteiger partial charge < -0.3 is 33.8 Å². The molecule has 0 amide bonds. The minimum absolute atomic E-state index is 0.101. The fourth-order valence-corrected chi connectivity index (χ4v) is 11.9. The van der Waals surface area contributed by atoms with Gasteiger partial charge in [0.05, 0.1) is 26.4 Å². The Bertz CT molecular complexity index is 1690. The SMILES string of the molecule is CCCCCCCCCCCCCCCCCCCCCC(=O)O[C@H](COC(=O)CCCCCCCCCCCCCCCC)COP(=O)(O)OC[C@@H](O)COP(=O)(O)OC[C@@H](COC(=O)CCCCCCC)OC(=O)CCCCCCCCC(C)C. The van der Waals surface area contributed by atoms with Gasteiger partial charge in [0.25, 0.3) is 0 Å². The Morgan fingerprint density at radius 3 is 0.782 bits per heavy atom. The van der Waals surface area contributed by atoms with Gasteiger partial charge in [-0.15, -0.1) is 0 Å². The van der Waals surface area contributed by atoms with Crippen molar-refractivity contribution in [3.05, 3.63) is 0 Å². The largest absolute Gasteiger partial charge is 0.472 e. The number of carbonyl (C=O) groups is 4. The predicted octanol–water partition coefficient (Wildman–Crippen LogP) is 19.4. The number of phosphoric ester groups is 2. The standard InChI is InChI=1S/C68H132O17P2/c1-6-9-12-15-17-19-21-23-25-26-27-28-29-31-33-35-37-43-48-53-67(72)84-64(58-79-66(71)52-47-42-36-34-32-30-24-22-20-18-16-13-10-7-2)60-83-87(76,77)81-56-62(69)55-80-86(74,75)82-59-63(57-78-65(70)51-46-40-14-11-8-3)85-68(73)54-49-44-39-38-41-45-50-61(4)5/h61-64,69H,6-60H2,1-5H3,(H,74,75)(H,76,77)/t62-,63+,64+/m0/s1. The van der Waals surface area contributed by atoms with Crippen LogP contribution in [0.3, 0.4) is 0 Å². The summed E-state index contributed by atoms with van der Waals surface area (Å²) in [5, 5.41) is 10.5. The first-order valence-corrected chi connectivity index (χ1v) is 38.6. The van der Waals surface area contributed by atoms with Gasteiger partial charge in [0.15, 0.2) is 12.2 Å². The molecule has 516 valence electrons. The molecule has 0 radical (unpaired) electrons. The lowest BCUT2D eigenvalue weighted by Crippen LogP contribution is -2.30. The predicted molar refractivity (Wildman–Crippen MR) is 349 cm³/mol. The van der Waals surface area contributed by atoms with Gasteiger partial charge in [-0.3, -0.25) is 37.3 Å². The molecule has 2 unspecified atom stereocenters. The average Bonchev–Trinajstić information content (AvgIpc) is 3.70. The lowest BCUT2D eigenvalue weighted by molar-refractivity contribution is -0.161. The molecule has 0 aliphatic carbocycles. The fraction of sp³-hybridized carbons (Fsp3) is 0.941. The third-order valence-corrected chi connectivity index (χ3v) is 17.7. The van der Waals surface area contributed by atoms with Crippen LogP contribution < -0.4 is 0 Å².